The van der Waals surface area contributed by atoms with Crippen molar-refractivity contribution in [3.05, 3.63) is 34.3 Å². The van der Waals surface area contributed by atoms with Gasteiger partial charge in [-0.25, -0.2) is 0 Å². The second-order valence-electron chi connectivity index (χ2n) is 7.54. The lowest BCUT2D eigenvalue weighted by atomic mass is 9.77. The van der Waals surface area contributed by atoms with Gasteiger partial charge in [0.2, 0.25) is 0 Å². The van der Waals surface area contributed by atoms with E-state index in [0.29, 0.717) is 6.42 Å². The molecule has 0 N–H and O–H groups in total. The average Bonchev–Trinajstić information content (AvgIpc) is 2.58. The number of rotatable bonds is 9. The molecular formula is C21H30BrF3. The fourth-order valence-corrected chi connectivity index (χ4v) is 4.25. The number of halogens is 4. The molecule has 0 heterocycles. The zero-order valence-corrected chi connectivity index (χ0v) is 16.5. The molecule has 0 spiro atoms. The van der Waals surface area contributed by atoms with Crippen LogP contribution >= 0.6 is 15.9 Å². The maximum absolute atomic E-state index is 12.0. The van der Waals surface area contributed by atoms with E-state index in [1.807, 2.05) is 0 Å². The summed E-state index contributed by atoms with van der Waals surface area (Å²) in [5.41, 5.74) is 1.47. The van der Waals surface area contributed by atoms with E-state index < -0.39 is 12.6 Å². The molecule has 1 aromatic rings. The van der Waals surface area contributed by atoms with Crippen LogP contribution in [0, 0.1) is 5.92 Å². The molecule has 25 heavy (non-hydrogen) atoms. The maximum Gasteiger partial charge on any atom is 0.389 e. The van der Waals surface area contributed by atoms with E-state index in [-0.39, 0.29) is 0 Å². The van der Waals surface area contributed by atoms with Crippen LogP contribution in [-0.4, -0.2) is 6.18 Å². The molecule has 4 heteroatoms. The molecule has 1 aromatic carbocycles. The van der Waals surface area contributed by atoms with Gasteiger partial charge in [0.05, 0.1) is 0 Å². The first-order chi connectivity index (χ1) is 11.9. The minimum atomic E-state index is -3.98. The lowest BCUT2D eigenvalue weighted by molar-refractivity contribution is -0.135. The Kier molecular flexibility index (Phi) is 8.81. The molecular weight excluding hydrogens is 389 g/mol. The molecule has 0 nitrogen and oxygen atoms in total. The van der Waals surface area contributed by atoms with Crippen LogP contribution in [0.3, 0.4) is 0 Å². The van der Waals surface area contributed by atoms with Crippen molar-refractivity contribution in [3.63, 3.8) is 0 Å². The van der Waals surface area contributed by atoms with E-state index >= 15 is 0 Å². The van der Waals surface area contributed by atoms with E-state index in [1.54, 1.807) is 0 Å². The third-order valence-electron chi connectivity index (χ3n) is 5.51. The zero-order valence-electron chi connectivity index (χ0n) is 15.0. The van der Waals surface area contributed by atoms with Crippen LogP contribution < -0.4 is 0 Å². The fourth-order valence-electron chi connectivity index (χ4n) is 3.98. The van der Waals surface area contributed by atoms with E-state index in [2.05, 4.69) is 40.2 Å². The molecule has 0 aromatic heterocycles. The van der Waals surface area contributed by atoms with E-state index in [4.69, 9.17) is 0 Å². The van der Waals surface area contributed by atoms with Crippen molar-refractivity contribution < 1.29 is 13.2 Å². The van der Waals surface area contributed by atoms with Crippen molar-refractivity contribution in [2.45, 2.75) is 89.1 Å². The summed E-state index contributed by atoms with van der Waals surface area (Å²) in [6.45, 7) is 0. The topological polar surface area (TPSA) is 0 Å². The van der Waals surface area contributed by atoms with Crippen molar-refractivity contribution in [1.29, 1.82) is 0 Å². The third-order valence-corrected chi connectivity index (χ3v) is 6.04. The number of hydrogen-bond acceptors (Lipinski definition) is 0. The predicted molar refractivity (Wildman–Crippen MR) is 102 cm³/mol. The molecule has 0 radical (unpaired) electrons. The van der Waals surface area contributed by atoms with E-state index in [1.165, 1.54) is 50.5 Å². The second-order valence-corrected chi connectivity index (χ2v) is 8.46. The normalized spacial score (nSPS) is 21.4. The summed E-state index contributed by atoms with van der Waals surface area (Å²) in [6.07, 6.45) is 7.43. The minimum Gasteiger partial charge on any atom is -0.171 e. The largest absolute Gasteiger partial charge is 0.389 e. The lowest BCUT2D eigenvalue weighted by Crippen LogP contribution is -2.13. The van der Waals surface area contributed by atoms with Gasteiger partial charge < -0.3 is 0 Å². The monoisotopic (exact) mass is 418 g/mol. The molecule has 142 valence electrons. The van der Waals surface area contributed by atoms with Gasteiger partial charge in [-0.1, -0.05) is 66.6 Å². The summed E-state index contributed by atoms with van der Waals surface area (Å²) >= 11 is 3.49. The molecule has 1 aliphatic carbocycles. The van der Waals surface area contributed by atoms with Crippen LogP contribution in [0.5, 0.6) is 0 Å². The number of alkyl halides is 3. The van der Waals surface area contributed by atoms with Crippen molar-refractivity contribution in [3.8, 4) is 0 Å². The van der Waals surface area contributed by atoms with Crippen LogP contribution in [0.25, 0.3) is 0 Å². The van der Waals surface area contributed by atoms with Gasteiger partial charge in [-0.2, -0.15) is 13.2 Å². The maximum atomic E-state index is 12.0. The SMILES string of the molecule is FC(F)(F)CCCCCCCC[C@H]1CC[C@H](c2ccc(Br)cc2)CC1. The lowest BCUT2D eigenvalue weighted by Gasteiger charge is -2.29. The van der Waals surface area contributed by atoms with Crippen molar-refractivity contribution in [2.75, 3.05) is 0 Å². The Hall–Kier alpha value is -0.510. The van der Waals surface area contributed by atoms with Crippen molar-refractivity contribution in [1.82, 2.24) is 0 Å². The highest BCUT2D eigenvalue weighted by molar-refractivity contribution is 9.10. The summed E-state index contributed by atoms with van der Waals surface area (Å²) in [7, 11) is 0. The Morgan fingerprint density at radius 1 is 0.800 bits per heavy atom. The Morgan fingerprint density at radius 2 is 1.36 bits per heavy atom. The van der Waals surface area contributed by atoms with Gasteiger partial charge in [-0.15, -0.1) is 0 Å². The second kappa shape index (κ2) is 10.6. The highest BCUT2D eigenvalue weighted by Crippen LogP contribution is 2.38. The highest BCUT2D eigenvalue weighted by atomic mass is 79.9. The number of unbranched alkanes of at least 4 members (excludes halogenated alkanes) is 5. The minimum absolute atomic E-state index is 0.295. The van der Waals surface area contributed by atoms with Gasteiger partial charge in [0.15, 0.2) is 0 Å². The molecule has 1 aliphatic rings. The first-order valence-electron chi connectivity index (χ1n) is 9.76. The average molecular weight is 419 g/mol. The summed E-state index contributed by atoms with van der Waals surface area (Å²) in [5, 5.41) is 0. The van der Waals surface area contributed by atoms with Gasteiger partial charge in [0.1, 0.15) is 0 Å². The molecule has 1 fully saturated rings. The molecule has 0 aliphatic heterocycles. The summed E-state index contributed by atoms with van der Waals surface area (Å²) < 4.78 is 37.3. The van der Waals surface area contributed by atoms with Gasteiger partial charge in [-0.05, 0) is 61.6 Å². The van der Waals surface area contributed by atoms with Crippen molar-refractivity contribution in [2.24, 2.45) is 5.92 Å². The van der Waals surface area contributed by atoms with Gasteiger partial charge in [0, 0.05) is 10.9 Å². The Balaban J connectivity index is 1.49. The van der Waals surface area contributed by atoms with Gasteiger partial charge in [-0.3, -0.25) is 0 Å². The smallest absolute Gasteiger partial charge is 0.171 e. The fraction of sp³-hybridized carbons (Fsp3) is 0.714. The van der Waals surface area contributed by atoms with E-state index in [0.717, 1.165) is 35.6 Å². The molecule has 0 saturated heterocycles. The van der Waals surface area contributed by atoms with Gasteiger partial charge in [0.25, 0.3) is 0 Å². The van der Waals surface area contributed by atoms with Crippen LogP contribution in [0.15, 0.2) is 28.7 Å². The Morgan fingerprint density at radius 3 is 1.96 bits per heavy atom. The molecule has 0 amide bonds. The standard InChI is InChI=1S/C21H30BrF3/c22-20-14-12-19(13-15-20)18-10-8-17(9-11-18)7-5-3-1-2-4-6-16-21(23,24)25/h12-15,17-18H,1-11,16H2/t17-,18-. The van der Waals surface area contributed by atoms with E-state index in [9.17, 15) is 13.2 Å². The highest BCUT2D eigenvalue weighted by Gasteiger charge is 2.25. The molecule has 2 rings (SSSR count). The van der Waals surface area contributed by atoms with Crippen LogP contribution in [0.1, 0.15) is 88.5 Å². The number of hydrogen-bond donors (Lipinski definition) is 0. The zero-order chi connectivity index (χ0) is 18.1. The summed E-state index contributed by atoms with van der Waals surface area (Å²) in [4.78, 5) is 0. The van der Waals surface area contributed by atoms with Crippen LogP contribution in [-0.2, 0) is 0 Å². The first-order valence-corrected chi connectivity index (χ1v) is 10.6. The quantitative estimate of drug-likeness (QED) is 0.353. The molecule has 0 bridgehead atoms. The predicted octanol–water partition coefficient (Wildman–Crippen LogP) is 8.41. The summed E-state index contributed by atoms with van der Waals surface area (Å²) in [5.74, 6) is 1.58. The Labute approximate surface area is 158 Å². The Bertz CT molecular complexity index is 473. The number of benzene rings is 1. The molecule has 0 atom stereocenters. The third kappa shape index (κ3) is 8.61. The first kappa shape index (κ1) is 20.8. The molecule has 0 unspecified atom stereocenters. The van der Waals surface area contributed by atoms with Crippen LogP contribution in [0.2, 0.25) is 0 Å². The van der Waals surface area contributed by atoms with Crippen LogP contribution in [0.4, 0.5) is 13.2 Å². The van der Waals surface area contributed by atoms with Crippen molar-refractivity contribution >= 4 is 15.9 Å². The molecule has 1 saturated carbocycles. The van der Waals surface area contributed by atoms with Gasteiger partial charge >= 0.3 is 6.18 Å². The summed E-state index contributed by atoms with van der Waals surface area (Å²) in [6, 6.07) is 8.76.